The number of esters is 1. The van der Waals surface area contributed by atoms with Crippen LogP contribution in [-0.4, -0.2) is 28.5 Å². The van der Waals surface area contributed by atoms with Gasteiger partial charge in [0.2, 0.25) is 5.91 Å². The second kappa shape index (κ2) is 11.8. The molecule has 0 radical (unpaired) electrons. The van der Waals surface area contributed by atoms with Gasteiger partial charge < -0.3 is 14.8 Å². The highest BCUT2D eigenvalue weighted by Crippen LogP contribution is 2.33. The lowest BCUT2D eigenvalue weighted by molar-refractivity contribution is -0.150. The standard InChI is InChI=1S/C27H28ClN3O4/c1-2-34-27(33)19-8-6-7-18(15-19)26(32)31-17-20-11-12-22(35-21-9-4-3-5-10-21)16-23(20)24-25(28)30-14-13-29-24/h3-5,9-14,16,18-19H,2,6-8,15,17H2,1H3,(H,31,32). The van der Waals surface area contributed by atoms with Crippen LogP contribution in [0.1, 0.15) is 38.2 Å². The molecule has 1 fully saturated rings. The van der Waals surface area contributed by atoms with Crippen molar-refractivity contribution >= 4 is 23.5 Å². The van der Waals surface area contributed by atoms with Gasteiger partial charge in [0.15, 0.2) is 5.15 Å². The average molecular weight is 494 g/mol. The van der Waals surface area contributed by atoms with Gasteiger partial charge in [-0.2, -0.15) is 0 Å². The molecule has 8 heteroatoms. The predicted octanol–water partition coefficient (Wildman–Crippen LogP) is 5.58. The molecule has 35 heavy (non-hydrogen) atoms. The van der Waals surface area contributed by atoms with Gasteiger partial charge in [-0.3, -0.25) is 14.6 Å². The molecule has 1 heterocycles. The number of carbonyl (C=O) groups excluding carboxylic acids is 2. The second-order valence-corrected chi connectivity index (χ2v) is 8.82. The van der Waals surface area contributed by atoms with Crippen LogP contribution in [0.4, 0.5) is 0 Å². The Morgan fingerprint density at radius 1 is 1.03 bits per heavy atom. The summed E-state index contributed by atoms with van der Waals surface area (Å²) in [6, 6.07) is 15.1. The van der Waals surface area contributed by atoms with Crippen molar-refractivity contribution in [3.63, 3.8) is 0 Å². The van der Waals surface area contributed by atoms with E-state index < -0.39 is 0 Å². The van der Waals surface area contributed by atoms with Crippen LogP contribution in [-0.2, 0) is 20.9 Å². The maximum atomic E-state index is 13.0. The molecule has 182 valence electrons. The molecular formula is C27H28ClN3O4. The van der Waals surface area contributed by atoms with Gasteiger partial charge in [-0.15, -0.1) is 0 Å². The van der Waals surface area contributed by atoms with E-state index in [2.05, 4.69) is 15.3 Å². The van der Waals surface area contributed by atoms with Gasteiger partial charge in [-0.25, -0.2) is 4.98 Å². The van der Waals surface area contributed by atoms with Crippen molar-refractivity contribution in [3.05, 3.63) is 71.6 Å². The van der Waals surface area contributed by atoms with E-state index in [1.807, 2.05) is 48.5 Å². The maximum Gasteiger partial charge on any atom is 0.308 e. The van der Waals surface area contributed by atoms with Gasteiger partial charge in [-0.1, -0.05) is 42.3 Å². The quantitative estimate of drug-likeness (QED) is 0.412. The van der Waals surface area contributed by atoms with Crippen molar-refractivity contribution in [1.82, 2.24) is 15.3 Å². The smallest absolute Gasteiger partial charge is 0.308 e. The fourth-order valence-corrected chi connectivity index (χ4v) is 4.56. The Morgan fingerprint density at radius 3 is 2.57 bits per heavy atom. The number of ether oxygens (including phenoxy) is 2. The molecule has 1 aliphatic rings. The fraction of sp³-hybridized carbons (Fsp3) is 0.333. The van der Waals surface area contributed by atoms with Gasteiger partial charge >= 0.3 is 5.97 Å². The Morgan fingerprint density at radius 2 is 1.80 bits per heavy atom. The topological polar surface area (TPSA) is 90.4 Å². The Hall–Kier alpha value is -3.45. The van der Waals surface area contributed by atoms with Crippen molar-refractivity contribution in [1.29, 1.82) is 0 Å². The van der Waals surface area contributed by atoms with Crippen LogP contribution < -0.4 is 10.1 Å². The van der Waals surface area contributed by atoms with Crippen molar-refractivity contribution in [2.45, 2.75) is 39.2 Å². The van der Waals surface area contributed by atoms with Crippen molar-refractivity contribution in [3.8, 4) is 22.8 Å². The highest BCUT2D eigenvalue weighted by molar-refractivity contribution is 6.31. The SMILES string of the molecule is CCOC(=O)C1CCCC(C(=O)NCc2ccc(Oc3ccccc3)cc2-c2nccnc2Cl)C1. The monoisotopic (exact) mass is 493 g/mol. The number of halogens is 1. The van der Waals surface area contributed by atoms with Crippen LogP contribution in [0.2, 0.25) is 5.15 Å². The first-order chi connectivity index (χ1) is 17.0. The first-order valence-electron chi connectivity index (χ1n) is 11.8. The molecule has 1 N–H and O–H groups in total. The molecule has 1 aliphatic carbocycles. The largest absolute Gasteiger partial charge is 0.466 e. The van der Waals surface area contributed by atoms with E-state index in [1.165, 1.54) is 6.20 Å². The lowest BCUT2D eigenvalue weighted by atomic mass is 9.81. The van der Waals surface area contributed by atoms with Crippen molar-refractivity contribution in [2.75, 3.05) is 6.61 Å². The zero-order valence-electron chi connectivity index (χ0n) is 19.6. The van der Waals surface area contributed by atoms with Gasteiger partial charge in [0.1, 0.15) is 17.2 Å². The van der Waals surface area contributed by atoms with E-state index in [9.17, 15) is 9.59 Å². The van der Waals surface area contributed by atoms with E-state index in [0.29, 0.717) is 30.2 Å². The van der Waals surface area contributed by atoms with Gasteiger partial charge in [0, 0.05) is 30.4 Å². The van der Waals surface area contributed by atoms with E-state index in [1.54, 1.807) is 13.1 Å². The third kappa shape index (κ3) is 6.36. The van der Waals surface area contributed by atoms with E-state index in [0.717, 1.165) is 30.4 Å². The minimum atomic E-state index is -0.220. The molecule has 2 unspecified atom stereocenters. The molecular weight excluding hydrogens is 466 g/mol. The summed E-state index contributed by atoms with van der Waals surface area (Å²) in [5, 5.41) is 3.30. The summed E-state index contributed by atoms with van der Waals surface area (Å²) in [4.78, 5) is 33.7. The molecule has 2 atom stereocenters. The summed E-state index contributed by atoms with van der Waals surface area (Å²) in [6.07, 6.45) is 5.96. The van der Waals surface area contributed by atoms with E-state index in [4.69, 9.17) is 21.1 Å². The highest BCUT2D eigenvalue weighted by Gasteiger charge is 2.32. The van der Waals surface area contributed by atoms with Crippen LogP contribution in [0, 0.1) is 11.8 Å². The highest BCUT2D eigenvalue weighted by atomic mass is 35.5. The average Bonchev–Trinajstić information content (AvgIpc) is 2.89. The fourth-order valence-electron chi connectivity index (χ4n) is 4.35. The lowest BCUT2D eigenvalue weighted by Gasteiger charge is -2.27. The third-order valence-electron chi connectivity index (χ3n) is 6.09. The second-order valence-electron chi connectivity index (χ2n) is 8.46. The van der Waals surface area contributed by atoms with Crippen LogP contribution in [0.15, 0.2) is 60.9 Å². The molecule has 0 aliphatic heterocycles. The zero-order valence-corrected chi connectivity index (χ0v) is 20.3. The molecule has 2 aromatic carbocycles. The Bertz CT molecular complexity index is 1170. The molecule has 1 aromatic heterocycles. The van der Waals surface area contributed by atoms with Gasteiger partial charge in [-0.05, 0) is 56.0 Å². The molecule has 7 nitrogen and oxygen atoms in total. The summed E-state index contributed by atoms with van der Waals surface area (Å²) >= 11 is 6.35. The maximum absolute atomic E-state index is 13.0. The molecule has 1 amide bonds. The number of hydrogen-bond donors (Lipinski definition) is 1. The van der Waals surface area contributed by atoms with Gasteiger partial charge in [0.25, 0.3) is 0 Å². The van der Waals surface area contributed by atoms with Crippen LogP contribution in [0.25, 0.3) is 11.3 Å². The Labute approximate surface area is 209 Å². The van der Waals surface area contributed by atoms with Crippen LogP contribution in [0.5, 0.6) is 11.5 Å². The summed E-state index contributed by atoms with van der Waals surface area (Å²) < 4.78 is 11.1. The normalized spacial score (nSPS) is 17.4. The molecule has 0 saturated heterocycles. The van der Waals surface area contributed by atoms with E-state index in [-0.39, 0.29) is 35.4 Å². The number of benzene rings is 2. The van der Waals surface area contributed by atoms with Gasteiger partial charge in [0.05, 0.1) is 12.5 Å². The molecule has 1 saturated carbocycles. The Kier molecular flexibility index (Phi) is 8.32. The lowest BCUT2D eigenvalue weighted by Crippen LogP contribution is -2.35. The number of nitrogens with zero attached hydrogens (tertiary/aromatic N) is 2. The first-order valence-corrected chi connectivity index (χ1v) is 12.2. The number of nitrogens with one attached hydrogen (secondary N) is 1. The molecule has 3 aromatic rings. The van der Waals surface area contributed by atoms with Crippen molar-refractivity contribution < 1.29 is 19.1 Å². The first kappa shape index (κ1) is 24.7. The predicted molar refractivity (Wildman–Crippen MR) is 133 cm³/mol. The minimum Gasteiger partial charge on any atom is -0.466 e. The molecule has 0 spiro atoms. The minimum absolute atomic E-state index is 0.0696. The van der Waals surface area contributed by atoms with Crippen LogP contribution in [0.3, 0.4) is 0 Å². The number of rotatable bonds is 8. The number of amides is 1. The van der Waals surface area contributed by atoms with Crippen molar-refractivity contribution in [2.24, 2.45) is 11.8 Å². The number of aromatic nitrogens is 2. The summed E-state index contributed by atoms with van der Waals surface area (Å²) in [6.45, 7) is 2.43. The number of para-hydroxylation sites is 1. The number of carbonyl (C=O) groups is 2. The van der Waals surface area contributed by atoms with Crippen LogP contribution >= 0.6 is 11.6 Å². The third-order valence-corrected chi connectivity index (χ3v) is 6.36. The zero-order chi connectivity index (χ0) is 24.6. The Balaban J connectivity index is 1.51. The summed E-state index contributed by atoms with van der Waals surface area (Å²) in [5.74, 6) is 0.606. The molecule has 0 bridgehead atoms. The van der Waals surface area contributed by atoms with E-state index >= 15 is 0 Å². The molecule has 4 rings (SSSR count). The summed E-state index contributed by atoms with van der Waals surface area (Å²) in [5.41, 5.74) is 2.07. The summed E-state index contributed by atoms with van der Waals surface area (Å²) in [7, 11) is 0. The number of hydrogen-bond acceptors (Lipinski definition) is 6.